The van der Waals surface area contributed by atoms with Crippen molar-refractivity contribution in [3.8, 4) is 0 Å². The van der Waals surface area contributed by atoms with Gasteiger partial charge in [-0.05, 0) is 19.5 Å². The maximum Gasteiger partial charge on any atom is 0.176 e. The third kappa shape index (κ3) is 1.93. The third-order valence-electron chi connectivity index (χ3n) is 1.43. The van der Waals surface area contributed by atoms with E-state index in [9.17, 15) is 0 Å². The summed E-state index contributed by atoms with van der Waals surface area (Å²) in [5.41, 5.74) is 0. The van der Waals surface area contributed by atoms with Gasteiger partial charge in [-0.15, -0.1) is 0 Å². The molecule has 1 unspecified atom stereocenters. The maximum absolute atomic E-state index is 8.68. The van der Waals surface area contributed by atoms with Crippen molar-refractivity contribution < 1.29 is 5.11 Å². The van der Waals surface area contributed by atoms with Gasteiger partial charge in [-0.1, -0.05) is 0 Å². The van der Waals surface area contributed by atoms with Crippen molar-refractivity contribution in [2.75, 3.05) is 13.1 Å². The first-order chi connectivity index (χ1) is 4.29. The molecule has 0 amide bonds. The minimum Gasteiger partial charge on any atom is -0.495 e. The molecular weight excluding hydrogens is 116 g/mol. The highest BCUT2D eigenvalue weighted by Crippen LogP contribution is 1.97. The molecule has 0 aromatic rings. The number of nitrogens with one attached hydrogen (secondary N) is 2. The molecule has 1 saturated heterocycles. The van der Waals surface area contributed by atoms with Gasteiger partial charge in [0.15, 0.2) is 5.88 Å². The second kappa shape index (κ2) is 2.73. The van der Waals surface area contributed by atoms with Crippen LogP contribution in [0.25, 0.3) is 0 Å². The summed E-state index contributed by atoms with van der Waals surface area (Å²) in [4.78, 5) is 0. The van der Waals surface area contributed by atoms with E-state index in [2.05, 4.69) is 17.2 Å². The molecule has 1 rings (SSSR count). The zero-order chi connectivity index (χ0) is 6.69. The quantitative estimate of drug-likeness (QED) is 0.457. The van der Waals surface area contributed by atoms with Crippen LogP contribution in [0.3, 0.4) is 0 Å². The molecule has 0 aliphatic carbocycles. The van der Waals surface area contributed by atoms with Crippen LogP contribution >= 0.6 is 0 Å². The lowest BCUT2D eigenvalue weighted by atomic mass is 10.3. The van der Waals surface area contributed by atoms with Crippen LogP contribution in [-0.2, 0) is 0 Å². The normalized spacial score (nSPS) is 26.0. The van der Waals surface area contributed by atoms with E-state index >= 15 is 0 Å². The second-order valence-electron chi connectivity index (χ2n) is 2.28. The van der Waals surface area contributed by atoms with Gasteiger partial charge >= 0.3 is 0 Å². The van der Waals surface area contributed by atoms with Crippen molar-refractivity contribution in [2.24, 2.45) is 0 Å². The van der Waals surface area contributed by atoms with Gasteiger partial charge in [0.05, 0.1) is 0 Å². The van der Waals surface area contributed by atoms with E-state index in [4.69, 9.17) is 5.11 Å². The highest BCUT2D eigenvalue weighted by atomic mass is 16.3. The number of aliphatic hydroxyl groups excluding tert-OH is 1. The Kier molecular flexibility index (Phi) is 1.95. The van der Waals surface area contributed by atoms with Gasteiger partial charge in [0, 0.05) is 12.6 Å². The first kappa shape index (κ1) is 6.42. The molecule has 1 heterocycles. The summed E-state index contributed by atoms with van der Waals surface area (Å²) in [6.45, 7) is 5.30. The fourth-order valence-electron chi connectivity index (χ4n) is 1.01. The highest BCUT2D eigenvalue weighted by molar-refractivity contribution is 4.86. The van der Waals surface area contributed by atoms with Gasteiger partial charge in [0.1, 0.15) is 0 Å². The Bertz CT molecular complexity index is 108. The fourth-order valence-corrected chi connectivity index (χ4v) is 1.01. The molecule has 52 valence electrons. The van der Waals surface area contributed by atoms with Crippen molar-refractivity contribution >= 4 is 0 Å². The summed E-state index contributed by atoms with van der Waals surface area (Å²) in [6, 6.07) is 0.377. The summed E-state index contributed by atoms with van der Waals surface area (Å²) in [5, 5.41) is 14.7. The number of hydrogen-bond acceptors (Lipinski definition) is 3. The van der Waals surface area contributed by atoms with Crippen molar-refractivity contribution in [1.29, 1.82) is 0 Å². The van der Waals surface area contributed by atoms with Crippen molar-refractivity contribution in [3.05, 3.63) is 12.5 Å². The van der Waals surface area contributed by atoms with Crippen LogP contribution in [0.4, 0.5) is 0 Å². The molecule has 3 nitrogen and oxygen atoms in total. The lowest BCUT2D eigenvalue weighted by molar-refractivity contribution is 0.347. The van der Waals surface area contributed by atoms with E-state index in [-0.39, 0.29) is 5.88 Å². The van der Waals surface area contributed by atoms with Crippen LogP contribution in [0, 0.1) is 0 Å². The number of hydrogen-bond donors (Lipinski definition) is 3. The van der Waals surface area contributed by atoms with Gasteiger partial charge in [-0.3, -0.25) is 0 Å². The Morgan fingerprint density at radius 3 is 3.00 bits per heavy atom. The Balaban J connectivity index is 2.19. The van der Waals surface area contributed by atoms with Crippen LogP contribution in [0.2, 0.25) is 0 Å². The van der Waals surface area contributed by atoms with Gasteiger partial charge in [0.2, 0.25) is 0 Å². The van der Waals surface area contributed by atoms with E-state index in [1.165, 1.54) is 0 Å². The molecule has 1 aliphatic rings. The molecule has 0 aromatic carbocycles. The highest BCUT2D eigenvalue weighted by Gasteiger charge is 2.12. The Labute approximate surface area is 54.8 Å². The molecule has 3 heteroatoms. The lowest BCUT2D eigenvalue weighted by Gasteiger charge is -2.09. The average Bonchev–Trinajstić information content (AvgIpc) is 2.15. The van der Waals surface area contributed by atoms with Gasteiger partial charge < -0.3 is 15.7 Å². The van der Waals surface area contributed by atoms with Crippen molar-refractivity contribution in [2.45, 2.75) is 12.5 Å². The minimum absolute atomic E-state index is 0.0729. The van der Waals surface area contributed by atoms with Crippen LogP contribution < -0.4 is 10.6 Å². The molecule has 9 heavy (non-hydrogen) atoms. The monoisotopic (exact) mass is 128 g/mol. The van der Waals surface area contributed by atoms with Gasteiger partial charge in [-0.2, -0.15) is 0 Å². The lowest BCUT2D eigenvalue weighted by Crippen LogP contribution is -2.29. The van der Waals surface area contributed by atoms with Crippen LogP contribution in [0.5, 0.6) is 0 Å². The van der Waals surface area contributed by atoms with Crippen molar-refractivity contribution in [1.82, 2.24) is 10.6 Å². The first-order valence-electron chi connectivity index (χ1n) is 3.14. The zero-order valence-electron chi connectivity index (χ0n) is 5.35. The molecule has 0 radical (unpaired) electrons. The maximum atomic E-state index is 8.68. The summed E-state index contributed by atoms with van der Waals surface area (Å²) >= 11 is 0. The molecule has 3 N–H and O–H groups in total. The zero-order valence-corrected chi connectivity index (χ0v) is 5.35. The van der Waals surface area contributed by atoms with Crippen LogP contribution in [0.15, 0.2) is 12.5 Å². The van der Waals surface area contributed by atoms with Gasteiger partial charge in [0.25, 0.3) is 0 Å². The topological polar surface area (TPSA) is 44.3 Å². The standard InChI is InChI=1S/C6H12N2O/c1-5(9)8-6-2-3-7-4-6/h6-9H,1-4H2. The summed E-state index contributed by atoms with van der Waals surface area (Å²) in [5.74, 6) is 0.0729. The largest absolute Gasteiger partial charge is 0.495 e. The van der Waals surface area contributed by atoms with E-state index < -0.39 is 0 Å². The van der Waals surface area contributed by atoms with E-state index in [0.717, 1.165) is 19.5 Å². The molecule has 1 fully saturated rings. The summed E-state index contributed by atoms with van der Waals surface area (Å²) in [7, 11) is 0. The number of rotatable bonds is 2. The number of aliphatic hydroxyl groups is 1. The molecule has 0 saturated carbocycles. The molecule has 0 bridgehead atoms. The molecular formula is C6H12N2O. The summed E-state index contributed by atoms with van der Waals surface area (Å²) in [6.07, 6.45) is 1.07. The SMILES string of the molecule is C=C(O)NC1CCNC1. The predicted molar refractivity (Wildman–Crippen MR) is 36.2 cm³/mol. The van der Waals surface area contributed by atoms with Crippen LogP contribution in [0.1, 0.15) is 6.42 Å². The molecule has 1 aliphatic heterocycles. The van der Waals surface area contributed by atoms with Gasteiger partial charge in [-0.25, -0.2) is 0 Å². The predicted octanol–water partition coefficient (Wildman–Crippen LogP) is -0.0329. The minimum atomic E-state index is 0.0729. The van der Waals surface area contributed by atoms with E-state index in [1.807, 2.05) is 0 Å². The smallest absolute Gasteiger partial charge is 0.176 e. The molecule has 0 aromatic heterocycles. The van der Waals surface area contributed by atoms with E-state index in [1.54, 1.807) is 0 Å². The van der Waals surface area contributed by atoms with E-state index in [0.29, 0.717) is 6.04 Å². The second-order valence-corrected chi connectivity index (χ2v) is 2.28. The molecule has 0 spiro atoms. The Morgan fingerprint density at radius 1 is 1.78 bits per heavy atom. The third-order valence-corrected chi connectivity index (χ3v) is 1.43. The van der Waals surface area contributed by atoms with Crippen LogP contribution in [-0.4, -0.2) is 24.2 Å². The first-order valence-corrected chi connectivity index (χ1v) is 3.14. The summed E-state index contributed by atoms with van der Waals surface area (Å²) < 4.78 is 0. The fraction of sp³-hybridized carbons (Fsp3) is 0.667. The Morgan fingerprint density at radius 2 is 2.56 bits per heavy atom. The Hall–Kier alpha value is -0.700. The molecule has 1 atom stereocenters. The average molecular weight is 128 g/mol. The van der Waals surface area contributed by atoms with Crippen molar-refractivity contribution in [3.63, 3.8) is 0 Å².